The minimum absolute atomic E-state index is 0.0123. The SMILES string of the molecule is Cc1ccc(-n2nc(C(C)(C)C)cc2NC(=O)Nc2ccccc2CC2CCN(C(=O)c3cn4c(n3)sc3ccccc34)CC2)cc1. The van der Waals surface area contributed by atoms with E-state index in [1.165, 1.54) is 0 Å². The fourth-order valence-electron chi connectivity index (χ4n) is 6.17. The van der Waals surface area contributed by atoms with Crippen LogP contribution in [0.3, 0.4) is 0 Å². The van der Waals surface area contributed by atoms with E-state index in [2.05, 4.69) is 54.6 Å². The summed E-state index contributed by atoms with van der Waals surface area (Å²) in [5.41, 5.74) is 6.18. The molecule has 47 heavy (non-hydrogen) atoms. The van der Waals surface area contributed by atoms with Crippen molar-refractivity contribution < 1.29 is 9.59 Å². The molecule has 7 rings (SSSR count). The maximum absolute atomic E-state index is 13.4. The van der Waals surface area contributed by atoms with Gasteiger partial charge in [0.2, 0.25) is 0 Å². The van der Waals surface area contributed by atoms with E-state index in [1.54, 1.807) is 16.0 Å². The lowest BCUT2D eigenvalue weighted by atomic mass is 9.89. The van der Waals surface area contributed by atoms with Gasteiger partial charge in [0, 0.05) is 36.5 Å². The second-order valence-corrected chi connectivity index (χ2v) is 14.4. The number of thiazole rings is 1. The number of aromatic nitrogens is 4. The molecule has 1 aliphatic heterocycles. The number of benzene rings is 3. The first-order chi connectivity index (χ1) is 22.6. The Morgan fingerprint density at radius 1 is 0.936 bits per heavy atom. The van der Waals surface area contributed by atoms with Crippen LogP contribution < -0.4 is 10.6 Å². The number of nitrogens with one attached hydrogen (secondary N) is 2. The van der Waals surface area contributed by atoms with Crippen molar-refractivity contribution in [2.45, 2.75) is 52.4 Å². The van der Waals surface area contributed by atoms with E-state index in [0.29, 0.717) is 30.5 Å². The summed E-state index contributed by atoms with van der Waals surface area (Å²) in [4.78, 5) is 34.2. The number of imidazole rings is 1. The first kappa shape index (κ1) is 30.7. The first-order valence-electron chi connectivity index (χ1n) is 16.1. The van der Waals surface area contributed by atoms with Crippen molar-refractivity contribution in [2.24, 2.45) is 5.92 Å². The predicted octanol–water partition coefficient (Wildman–Crippen LogP) is 8.08. The molecule has 0 saturated carbocycles. The molecule has 6 aromatic rings. The fraction of sp³-hybridized carbons (Fsp3) is 0.297. The average Bonchev–Trinajstić information content (AvgIpc) is 3.76. The minimum atomic E-state index is -0.320. The summed E-state index contributed by atoms with van der Waals surface area (Å²) in [6.07, 6.45) is 4.47. The summed E-state index contributed by atoms with van der Waals surface area (Å²) in [5.74, 6) is 0.995. The molecule has 1 saturated heterocycles. The standard InChI is InChI=1S/C37H39N7O2S/c1-24-13-15-27(16-14-24)44-33(22-32(41-44)37(2,3)4)40-35(46)38-28-10-6-5-9-26(28)21-25-17-19-42(20-18-25)34(45)29-23-43-30-11-7-8-12-31(30)47-36(43)39-29/h5-16,22-23,25H,17-21H2,1-4H3,(H2,38,40,46). The van der Waals surface area contributed by atoms with Crippen molar-refractivity contribution in [3.8, 4) is 5.69 Å². The number of fused-ring (bicyclic) bond motifs is 3. The number of amides is 3. The summed E-state index contributed by atoms with van der Waals surface area (Å²) in [7, 11) is 0. The number of anilines is 2. The highest BCUT2D eigenvalue weighted by molar-refractivity contribution is 7.23. The van der Waals surface area contributed by atoms with Gasteiger partial charge in [-0.25, -0.2) is 14.5 Å². The molecule has 3 aromatic heterocycles. The van der Waals surface area contributed by atoms with E-state index in [9.17, 15) is 9.59 Å². The average molecular weight is 646 g/mol. The number of carbonyl (C=O) groups is 2. The van der Waals surface area contributed by atoms with Gasteiger partial charge in [-0.1, -0.05) is 80.1 Å². The fourth-order valence-corrected chi connectivity index (χ4v) is 7.18. The first-order valence-corrected chi connectivity index (χ1v) is 16.9. The zero-order valence-electron chi connectivity index (χ0n) is 27.2. The van der Waals surface area contributed by atoms with Crippen molar-refractivity contribution >= 4 is 50.0 Å². The molecule has 0 radical (unpaired) electrons. The predicted molar refractivity (Wildman–Crippen MR) is 189 cm³/mol. The monoisotopic (exact) mass is 645 g/mol. The number of nitrogens with zero attached hydrogens (tertiary/aromatic N) is 5. The van der Waals surface area contributed by atoms with E-state index in [4.69, 9.17) is 5.10 Å². The lowest BCUT2D eigenvalue weighted by Gasteiger charge is -2.32. The van der Waals surface area contributed by atoms with Gasteiger partial charge in [-0.05, 0) is 68.0 Å². The summed E-state index contributed by atoms with van der Waals surface area (Å²) < 4.78 is 4.96. The van der Waals surface area contributed by atoms with E-state index in [1.807, 2.05) is 83.1 Å². The molecule has 0 bridgehead atoms. The quantitative estimate of drug-likeness (QED) is 0.191. The van der Waals surface area contributed by atoms with Gasteiger partial charge in [-0.3, -0.25) is 14.5 Å². The van der Waals surface area contributed by atoms with E-state index in [-0.39, 0.29) is 17.4 Å². The van der Waals surface area contributed by atoms with Crippen LogP contribution in [0.1, 0.15) is 60.9 Å². The summed E-state index contributed by atoms with van der Waals surface area (Å²) in [5, 5.41) is 11.0. The number of likely N-dealkylation sites (tertiary alicyclic amines) is 1. The Morgan fingerprint density at radius 3 is 2.43 bits per heavy atom. The molecular weight excluding hydrogens is 607 g/mol. The van der Waals surface area contributed by atoms with Crippen molar-refractivity contribution in [1.82, 2.24) is 24.1 Å². The molecule has 240 valence electrons. The van der Waals surface area contributed by atoms with Gasteiger partial charge >= 0.3 is 6.03 Å². The number of aryl methyl sites for hydroxylation is 1. The molecule has 4 heterocycles. The molecule has 1 aliphatic rings. The van der Waals surface area contributed by atoms with E-state index in [0.717, 1.165) is 62.6 Å². The largest absolute Gasteiger partial charge is 0.337 e. The van der Waals surface area contributed by atoms with Crippen LogP contribution in [0, 0.1) is 12.8 Å². The molecule has 3 aromatic carbocycles. The Kier molecular flexibility index (Phi) is 8.05. The topological polar surface area (TPSA) is 96.6 Å². The van der Waals surface area contributed by atoms with Gasteiger partial charge in [0.15, 0.2) is 4.96 Å². The molecule has 0 spiro atoms. The summed E-state index contributed by atoms with van der Waals surface area (Å²) >= 11 is 1.60. The number of piperidine rings is 1. The van der Waals surface area contributed by atoms with Gasteiger partial charge in [-0.2, -0.15) is 5.10 Å². The number of urea groups is 1. The summed E-state index contributed by atoms with van der Waals surface area (Å²) in [6.45, 7) is 9.74. The smallest absolute Gasteiger partial charge is 0.324 e. The maximum atomic E-state index is 13.4. The number of rotatable bonds is 6. The highest BCUT2D eigenvalue weighted by Gasteiger charge is 2.27. The molecule has 0 unspecified atom stereocenters. The third-order valence-corrected chi connectivity index (χ3v) is 9.93. The lowest BCUT2D eigenvalue weighted by Crippen LogP contribution is -2.39. The molecule has 2 N–H and O–H groups in total. The van der Waals surface area contributed by atoms with Gasteiger partial charge in [0.25, 0.3) is 5.91 Å². The van der Waals surface area contributed by atoms with Crippen molar-refractivity contribution in [2.75, 3.05) is 23.7 Å². The molecule has 1 fully saturated rings. The molecule has 3 amide bonds. The number of hydrogen-bond donors (Lipinski definition) is 2. The second kappa shape index (κ2) is 12.3. The number of carbonyl (C=O) groups excluding carboxylic acids is 2. The van der Waals surface area contributed by atoms with Gasteiger partial charge in [0.05, 0.1) is 21.6 Å². The van der Waals surface area contributed by atoms with Crippen LogP contribution in [-0.2, 0) is 11.8 Å². The summed E-state index contributed by atoms with van der Waals surface area (Å²) in [6, 6.07) is 25.8. The third kappa shape index (κ3) is 6.38. The number of hydrogen-bond acceptors (Lipinski definition) is 5. The number of para-hydroxylation sites is 2. The van der Waals surface area contributed by atoms with Crippen molar-refractivity contribution in [1.29, 1.82) is 0 Å². The van der Waals surface area contributed by atoms with Crippen molar-refractivity contribution in [3.63, 3.8) is 0 Å². The third-order valence-electron chi connectivity index (χ3n) is 8.89. The van der Waals surface area contributed by atoms with Crippen LogP contribution in [0.4, 0.5) is 16.3 Å². The van der Waals surface area contributed by atoms with Crippen LogP contribution in [0.25, 0.3) is 20.9 Å². The Hall–Kier alpha value is -4.96. The zero-order chi connectivity index (χ0) is 32.7. The van der Waals surface area contributed by atoms with Gasteiger partial charge in [0.1, 0.15) is 11.5 Å². The Bertz CT molecular complexity index is 2080. The zero-order valence-corrected chi connectivity index (χ0v) is 28.0. The molecular formula is C37H39N7O2S. The maximum Gasteiger partial charge on any atom is 0.324 e. The van der Waals surface area contributed by atoms with Crippen LogP contribution in [0.15, 0.2) is 85.1 Å². The minimum Gasteiger partial charge on any atom is -0.337 e. The molecule has 0 aliphatic carbocycles. The van der Waals surface area contributed by atoms with Crippen LogP contribution >= 0.6 is 11.3 Å². The van der Waals surface area contributed by atoms with Crippen molar-refractivity contribution in [3.05, 3.63) is 108 Å². The van der Waals surface area contributed by atoms with Gasteiger partial charge in [-0.15, -0.1) is 0 Å². The highest BCUT2D eigenvalue weighted by Crippen LogP contribution is 2.30. The highest BCUT2D eigenvalue weighted by atomic mass is 32.1. The normalized spacial score (nSPS) is 14.2. The van der Waals surface area contributed by atoms with Crippen LogP contribution in [0.5, 0.6) is 0 Å². The molecule has 9 nitrogen and oxygen atoms in total. The second-order valence-electron chi connectivity index (χ2n) is 13.4. The van der Waals surface area contributed by atoms with Crippen LogP contribution in [-0.4, -0.2) is 49.1 Å². The molecule has 10 heteroatoms. The Balaban J connectivity index is 0.997. The van der Waals surface area contributed by atoms with Gasteiger partial charge < -0.3 is 10.2 Å². The molecule has 0 atom stereocenters. The van der Waals surface area contributed by atoms with Crippen LogP contribution in [0.2, 0.25) is 0 Å². The van der Waals surface area contributed by atoms with E-state index < -0.39 is 0 Å². The lowest BCUT2D eigenvalue weighted by molar-refractivity contribution is 0.0685. The van der Waals surface area contributed by atoms with E-state index >= 15 is 0 Å². The Morgan fingerprint density at radius 2 is 1.66 bits per heavy atom. The Labute approximate surface area is 278 Å².